The second-order valence-corrected chi connectivity index (χ2v) is 7.56. The summed E-state index contributed by atoms with van der Waals surface area (Å²) in [6, 6.07) is 6.83. The van der Waals surface area contributed by atoms with Crippen molar-refractivity contribution in [3.63, 3.8) is 0 Å². The first-order valence-electron chi connectivity index (χ1n) is 10.9. The number of nitrogens with zero attached hydrogens (tertiary/aromatic N) is 1. The van der Waals surface area contributed by atoms with E-state index in [-0.39, 0.29) is 18.6 Å². The van der Waals surface area contributed by atoms with Crippen molar-refractivity contribution in [1.29, 1.82) is 0 Å². The third kappa shape index (κ3) is 7.70. The van der Waals surface area contributed by atoms with Gasteiger partial charge in [0, 0.05) is 31.8 Å². The topological polar surface area (TPSA) is 90.2 Å². The molecule has 0 aliphatic rings. The predicted octanol–water partition coefficient (Wildman–Crippen LogP) is 3.44. The molecule has 166 valence electrons. The average molecular weight is 410 g/mol. The number of hydrogen-bond acceptors (Lipinski definition) is 6. The Morgan fingerprint density at radius 3 is 2.24 bits per heavy atom. The summed E-state index contributed by atoms with van der Waals surface area (Å²) in [4.78, 5) is 14.4. The van der Waals surface area contributed by atoms with Crippen molar-refractivity contribution in [1.82, 2.24) is 0 Å². The number of carbonyl (C=O) groups is 1. The predicted molar refractivity (Wildman–Crippen MR) is 116 cm³/mol. The molecule has 1 aromatic rings. The van der Waals surface area contributed by atoms with Crippen LogP contribution in [0.15, 0.2) is 24.3 Å². The molecular formula is C23H39NO5. The van der Waals surface area contributed by atoms with Gasteiger partial charge in [0.1, 0.15) is 6.10 Å². The summed E-state index contributed by atoms with van der Waals surface area (Å²) in [6.07, 6.45) is 2.52. The molecule has 1 rings (SSSR count). The summed E-state index contributed by atoms with van der Waals surface area (Å²) in [5.74, 6) is -3.24. The van der Waals surface area contributed by atoms with Crippen LogP contribution < -0.4 is 4.90 Å². The minimum atomic E-state index is -2.84. The first kappa shape index (κ1) is 25.6. The molecule has 0 radical (unpaired) electrons. The largest absolute Gasteiger partial charge is 0.382 e. The number of carbonyl (C=O) groups excluding carboxylic acids is 1. The molecule has 3 N–H and O–H groups in total. The number of benzene rings is 1. The molecule has 2 atom stereocenters. The Morgan fingerprint density at radius 2 is 1.72 bits per heavy atom. The van der Waals surface area contributed by atoms with Gasteiger partial charge in [-0.25, -0.2) is 0 Å². The van der Waals surface area contributed by atoms with Crippen molar-refractivity contribution in [2.24, 2.45) is 5.92 Å². The Hall–Kier alpha value is -1.47. The van der Waals surface area contributed by atoms with Gasteiger partial charge in [0.05, 0.1) is 6.61 Å². The number of anilines is 1. The summed E-state index contributed by atoms with van der Waals surface area (Å²) in [5.41, 5.74) is 1.26. The second-order valence-electron chi connectivity index (χ2n) is 7.56. The van der Waals surface area contributed by atoms with Crippen LogP contribution >= 0.6 is 0 Å². The normalized spacial score (nSPS) is 13.9. The van der Waals surface area contributed by atoms with Crippen LogP contribution in [0.2, 0.25) is 0 Å². The number of ether oxygens (including phenoxy) is 1. The lowest BCUT2D eigenvalue weighted by Gasteiger charge is -2.27. The van der Waals surface area contributed by atoms with E-state index < -0.39 is 17.7 Å². The fourth-order valence-corrected chi connectivity index (χ4v) is 3.34. The number of hydrogen-bond donors (Lipinski definition) is 3. The second kappa shape index (κ2) is 13.0. The first-order valence-corrected chi connectivity index (χ1v) is 10.9. The summed E-state index contributed by atoms with van der Waals surface area (Å²) in [5, 5.41) is 30.8. The monoisotopic (exact) mass is 409 g/mol. The van der Waals surface area contributed by atoms with E-state index in [0.717, 1.165) is 44.5 Å². The van der Waals surface area contributed by atoms with Crippen molar-refractivity contribution in [3.8, 4) is 0 Å². The maximum absolute atomic E-state index is 12.3. The summed E-state index contributed by atoms with van der Waals surface area (Å²) < 4.78 is 5.57. The van der Waals surface area contributed by atoms with Crippen LogP contribution in [0.5, 0.6) is 0 Å². The fraction of sp³-hybridized carbons (Fsp3) is 0.696. The van der Waals surface area contributed by atoms with Gasteiger partial charge in [-0.3, -0.25) is 4.79 Å². The van der Waals surface area contributed by atoms with E-state index in [1.165, 1.54) is 0 Å². The van der Waals surface area contributed by atoms with Crippen molar-refractivity contribution >= 4 is 11.5 Å². The lowest BCUT2D eigenvalue weighted by Crippen LogP contribution is -2.45. The molecule has 0 aromatic heterocycles. The van der Waals surface area contributed by atoms with Crippen LogP contribution in [0.25, 0.3) is 0 Å². The van der Waals surface area contributed by atoms with E-state index in [1.807, 2.05) is 13.8 Å². The zero-order valence-corrected chi connectivity index (χ0v) is 18.4. The molecule has 2 unspecified atom stereocenters. The SMILES string of the molecule is CCCCC(CC)COCCC(=O)C(O)(O)C(O)c1ccc(N(CC)CC)cc1. The highest BCUT2D eigenvalue weighted by Gasteiger charge is 2.41. The molecule has 0 saturated heterocycles. The zero-order chi connectivity index (χ0) is 21.9. The Labute approximate surface area is 175 Å². The molecule has 6 heteroatoms. The number of aliphatic hydroxyl groups excluding tert-OH is 1. The van der Waals surface area contributed by atoms with Gasteiger partial charge in [0.25, 0.3) is 5.79 Å². The van der Waals surface area contributed by atoms with Crippen LogP contribution in [-0.4, -0.2) is 53.2 Å². The van der Waals surface area contributed by atoms with Crippen molar-refractivity contribution in [3.05, 3.63) is 29.8 Å². The lowest BCUT2D eigenvalue weighted by molar-refractivity contribution is -0.222. The maximum atomic E-state index is 12.3. The number of Topliss-reactive ketones (excluding diaryl/α,β-unsaturated/α-hetero) is 1. The van der Waals surface area contributed by atoms with E-state index in [1.54, 1.807) is 24.3 Å². The minimum Gasteiger partial charge on any atom is -0.382 e. The molecule has 0 fully saturated rings. The fourth-order valence-electron chi connectivity index (χ4n) is 3.34. The quantitative estimate of drug-likeness (QED) is 0.304. The van der Waals surface area contributed by atoms with E-state index in [0.29, 0.717) is 12.5 Å². The molecule has 0 spiro atoms. The van der Waals surface area contributed by atoms with E-state index in [4.69, 9.17) is 4.74 Å². The van der Waals surface area contributed by atoms with Crippen molar-refractivity contribution in [2.45, 2.75) is 71.7 Å². The molecule has 1 aromatic carbocycles. The summed E-state index contributed by atoms with van der Waals surface area (Å²) in [6.45, 7) is 10.7. The Bertz CT molecular complexity index is 583. The van der Waals surface area contributed by atoms with Gasteiger partial charge in [-0.1, -0.05) is 45.2 Å². The zero-order valence-electron chi connectivity index (χ0n) is 18.4. The molecule has 0 saturated carbocycles. The molecule has 0 amide bonds. The maximum Gasteiger partial charge on any atom is 0.255 e. The smallest absolute Gasteiger partial charge is 0.255 e. The van der Waals surface area contributed by atoms with Crippen LogP contribution in [0, 0.1) is 5.92 Å². The van der Waals surface area contributed by atoms with E-state index in [9.17, 15) is 20.1 Å². The molecule has 0 aliphatic carbocycles. The molecule has 0 bridgehead atoms. The van der Waals surface area contributed by atoms with Gasteiger partial charge in [0.15, 0.2) is 5.78 Å². The van der Waals surface area contributed by atoms with E-state index >= 15 is 0 Å². The molecule has 6 nitrogen and oxygen atoms in total. The van der Waals surface area contributed by atoms with Crippen molar-refractivity contribution < 1.29 is 24.9 Å². The molecule has 0 heterocycles. The van der Waals surface area contributed by atoms with Gasteiger partial charge >= 0.3 is 0 Å². The van der Waals surface area contributed by atoms with E-state index in [2.05, 4.69) is 18.7 Å². The Balaban J connectivity index is 2.59. The van der Waals surface area contributed by atoms with Crippen LogP contribution in [0.4, 0.5) is 5.69 Å². The van der Waals surface area contributed by atoms with Gasteiger partial charge in [-0.15, -0.1) is 0 Å². The Morgan fingerprint density at radius 1 is 1.10 bits per heavy atom. The van der Waals surface area contributed by atoms with Crippen LogP contribution in [0.3, 0.4) is 0 Å². The molecule has 29 heavy (non-hydrogen) atoms. The van der Waals surface area contributed by atoms with Gasteiger partial charge in [0.2, 0.25) is 0 Å². The molecular weight excluding hydrogens is 370 g/mol. The lowest BCUT2D eigenvalue weighted by atomic mass is 9.96. The summed E-state index contributed by atoms with van der Waals surface area (Å²) in [7, 11) is 0. The Kier molecular flexibility index (Phi) is 11.4. The van der Waals surface area contributed by atoms with Gasteiger partial charge in [-0.2, -0.15) is 0 Å². The standard InChI is InChI=1S/C23H39NO5/c1-5-9-10-18(6-2)17-29-16-15-21(25)23(27,28)22(26)19-11-13-20(14-12-19)24(7-3)8-4/h11-14,18,22,26-28H,5-10,15-17H2,1-4H3. The highest BCUT2D eigenvalue weighted by atomic mass is 16.5. The minimum absolute atomic E-state index is 0.109. The highest BCUT2D eigenvalue weighted by molar-refractivity contribution is 5.86. The first-order chi connectivity index (χ1) is 13.8. The van der Waals surface area contributed by atoms with Gasteiger partial charge < -0.3 is 25.0 Å². The third-order valence-electron chi connectivity index (χ3n) is 5.50. The summed E-state index contributed by atoms with van der Waals surface area (Å²) >= 11 is 0. The van der Waals surface area contributed by atoms with Crippen LogP contribution in [-0.2, 0) is 9.53 Å². The number of ketones is 1. The highest BCUT2D eigenvalue weighted by Crippen LogP contribution is 2.27. The van der Waals surface area contributed by atoms with Crippen molar-refractivity contribution in [2.75, 3.05) is 31.2 Å². The number of aliphatic hydroxyl groups is 3. The average Bonchev–Trinajstić information content (AvgIpc) is 2.73. The van der Waals surface area contributed by atoms with Crippen LogP contribution in [0.1, 0.15) is 71.5 Å². The van der Waals surface area contributed by atoms with Gasteiger partial charge in [-0.05, 0) is 43.9 Å². The molecule has 0 aliphatic heterocycles. The number of unbranched alkanes of at least 4 members (excludes halogenated alkanes) is 1. The third-order valence-corrected chi connectivity index (χ3v) is 5.50. The number of rotatable bonds is 15.